The van der Waals surface area contributed by atoms with E-state index in [2.05, 4.69) is 14.9 Å². The number of aromatic amines is 1. The van der Waals surface area contributed by atoms with Crippen LogP contribution in [0.25, 0.3) is 10.9 Å². The van der Waals surface area contributed by atoms with E-state index in [1.165, 1.54) is 0 Å². The zero-order valence-corrected chi connectivity index (χ0v) is 15.6. The third kappa shape index (κ3) is 5.39. The minimum absolute atomic E-state index is 0.250. The van der Waals surface area contributed by atoms with E-state index in [-0.39, 0.29) is 6.47 Å². The summed E-state index contributed by atoms with van der Waals surface area (Å²) in [5, 5.41) is 7.85. The quantitative estimate of drug-likeness (QED) is 0.408. The van der Waals surface area contributed by atoms with Crippen LogP contribution in [0.15, 0.2) is 42.7 Å². The number of rotatable bonds is 5. The van der Waals surface area contributed by atoms with Crippen LogP contribution in [0.1, 0.15) is 21.6 Å². The number of H-pyrrole nitrogens is 1. The molecule has 0 spiro atoms. The molecule has 0 amide bonds. The van der Waals surface area contributed by atoms with Crippen LogP contribution >= 0.6 is 0 Å². The lowest BCUT2D eigenvalue weighted by atomic mass is 10.1. The van der Waals surface area contributed by atoms with Gasteiger partial charge in [0.2, 0.25) is 0 Å². The van der Waals surface area contributed by atoms with Crippen LogP contribution in [-0.2, 0) is 11.2 Å². The largest absolute Gasteiger partial charge is 0.483 e. The van der Waals surface area contributed by atoms with Crippen molar-refractivity contribution in [1.29, 1.82) is 0 Å². The van der Waals surface area contributed by atoms with Gasteiger partial charge in [-0.05, 0) is 56.8 Å². The summed E-state index contributed by atoms with van der Waals surface area (Å²) in [6.45, 7) is 2.61. The van der Waals surface area contributed by atoms with E-state index < -0.39 is 5.97 Å². The van der Waals surface area contributed by atoms with Gasteiger partial charge < -0.3 is 19.7 Å². The average molecular weight is 369 g/mol. The molecule has 3 aromatic rings. The molecule has 2 heterocycles. The second-order valence-corrected chi connectivity index (χ2v) is 6.26. The number of benzene rings is 1. The highest BCUT2D eigenvalue weighted by molar-refractivity contribution is 5.95. The van der Waals surface area contributed by atoms with Crippen molar-refractivity contribution in [2.75, 3.05) is 20.6 Å². The van der Waals surface area contributed by atoms with Crippen molar-refractivity contribution in [3.63, 3.8) is 0 Å². The predicted molar refractivity (Wildman–Crippen MR) is 103 cm³/mol. The molecule has 7 nitrogen and oxygen atoms in total. The Hall–Kier alpha value is -3.19. The molecule has 1 aromatic carbocycles. The second-order valence-electron chi connectivity index (χ2n) is 6.26. The first-order chi connectivity index (χ1) is 13.0. The Labute approximate surface area is 157 Å². The molecule has 2 N–H and O–H groups in total. The molecular formula is C20H23N3O4. The predicted octanol–water partition coefficient (Wildman–Crippen LogP) is 2.90. The molecular weight excluding hydrogens is 346 g/mol. The van der Waals surface area contributed by atoms with Gasteiger partial charge in [0.1, 0.15) is 11.4 Å². The molecule has 0 unspecified atom stereocenters. The van der Waals surface area contributed by atoms with Gasteiger partial charge in [0.05, 0.1) is 0 Å². The zero-order chi connectivity index (χ0) is 19.8. The molecule has 27 heavy (non-hydrogen) atoms. The summed E-state index contributed by atoms with van der Waals surface area (Å²) < 4.78 is 5.62. The Balaban J connectivity index is 0.000000817. The standard InChI is InChI=1S/C19H21N3O2.CH2O2/c1-13-7-8-16(20-11-13)19(23)24-17-6-4-5-15-18(17)14(12-21-15)9-10-22(2)3;2-1-3/h4-8,11-12,21H,9-10H2,1-3H3;1H,(H,2,3). The number of carbonyl (C=O) groups is 2. The molecule has 0 aliphatic carbocycles. The fraction of sp³-hybridized carbons (Fsp3) is 0.250. The number of hydrogen-bond acceptors (Lipinski definition) is 5. The number of likely N-dealkylation sites (N-methyl/N-ethyl adjacent to an activating group) is 1. The van der Waals surface area contributed by atoms with E-state index in [1.54, 1.807) is 12.3 Å². The molecule has 0 radical (unpaired) electrons. The number of aromatic nitrogens is 2. The molecule has 0 saturated carbocycles. The third-order valence-electron chi connectivity index (χ3n) is 3.90. The zero-order valence-electron chi connectivity index (χ0n) is 15.6. The molecule has 0 aliphatic rings. The van der Waals surface area contributed by atoms with Gasteiger partial charge in [0.25, 0.3) is 6.47 Å². The van der Waals surface area contributed by atoms with Crippen molar-refractivity contribution in [2.24, 2.45) is 0 Å². The Morgan fingerprint density at radius 1 is 1.30 bits per heavy atom. The fourth-order valence-corrected chi connectivity index (χ4v) is 2.59. The van der Waals surface area contributed by atoms with Crippen molar-refractivity contribution in [1.82, 2.24) is 14.9 Å². The SMILES string of the molecule is Cc1ccc(C(=O)Oc2cccc3[nH]cc(CCN(C)C)c23)nc1.O=CO. The van der Waals surface area contributed by atoms with Crippen LogP contribution in [0.4, 0.5) is 0 Å². The van der Waals surface area contributed by atoms with Crippen molar-refractivity contribution in [2.45, 2.75) is 13.3 Å². The van der Waals surface area contributed by atoms with Crippen LogP contribution in [-0.4, -0.2) is 53.1 Å². The van der Waals surface area contributed by atoms with E-state index in [9.17, 15) is 4.79 Å². The minimum Gasteiger partial charge on any atom is -0.483 e. The maximum absolute atomic E-state index is 12.4. The van der Waals surface area contributed by atoms with Gasteiger partial charge in [-0.1, -0.05) is 12.1 Å². The minimum atomic E-state index is -0.442. The Morgan fingerprint density at radius 2 is 2.04 bits per heavy atom. The van der Waals surface area contributed by atoms with Crippen LogP contribution < -0.4 is 4.74 Å². The van der Waals surface area contributed by atoms with Gasteiger partial charge in [-0.3, -0.25) is 4.79 Å². The van der Waals surface area contributed by atoms with Gasteiger partial charge in [-0.2, -0.15) is 0 Å². The second kappa shape index (κ2) is 9.49. The highest BCUT2D eigenvalue weighted by Gasteiger charge is 2.15. The number of pyridine rings is 1. The topological polar surface area (TPSA) is 95.5 Å². The first-order valence-electron chi connectivity index (χ1n) is 8.42. The number of fused-ring (bicyclic) bond motifs is 1. The highest BCUT2D eigenvalue weighted by atomic mass is 16.5. The molecule has 7 heteroatoms. The Kier molecular flexibility index (Phi) is 7.08. The first kappa shape index (κ1) is 20.1. The van der Waals surface area contributed by atoms with Gasteiger partial charge in [-0.15, -0.1) is 0 Å². The molecule has 0 atom stereocenters. The van der Waals surface area contributed by atoms with Crippen LogP contribution in [0.2, 0.25) is 0 Å². The van der Waals surface area contributed by atoms with Crippen molar-refractivity contribution < 1.29 is 19.4 Å². The number of nitrogens with zero attached hydrogens (tertiary/aromatic N) is 2. The molecule has 2 aromatic heterocycles. The number of nitrogens with one attached hydrogen (secondary N) is 1. The summed E-state index contributed by atoms with van der Waals surface area (Å²) in [5.74, 6) is 0.122. The van der Waals surface area contributed by atoms with Gasteiger partial charge in [-0.25, -0.2) is 9.78 Å². The average Bonchev–Trinajstić information content (AvgIpc) is 3.05. The molecule has 0 bridgehead atoms. The number of ether oxygens (including phenoxy) is 1. The normalized spacial score (nSPS) is 10.4. The molecule has 142 valence electrons. The highest BCUT2D eigenvalue weighted by Crippen LogP contribution is 2.29. The summed E-state index contributed by atoms with van der Waals surface area (Å²) >= 11 is 0. The lowest BCUT2D eigenvalue weighted by Gasteiger charge is -2.10. The van der Waals surface area contributed by atoms with Gasteiger partial charge in [0, 0.05) is 29.8 Å². The summed E-state index contributed by atoms with van der Waals surface area (Å²) in [6.07, 6.45) is 4.52. The molecule has 0 saturated heterocycles. The van der Waals surface area contributed by atoms with E-state index >= 15 is 0 Å². The lowest BCUT2D eigenvalue weighted by Crippen LogP contribution is -2.15. The molecule has 3 rings (SSSR count). The summed E-state index contributed by atoms with van der Waals surface area (Å²) in [7, 11) is 4.08. The molecule has 0 aliphatic heterocycles. The van der Waals surface area contributed by atoms with Crippen LogP contribution in [0.5, 0.6) is 5.75 Å². The van der Waals surface area contributed by atoms with Gasteiger partial charge in [0.15, 0.2) is 0 Å². The van der Waals surface area contributed by atoms with Crippen LogP contribution in [0, 0.1) is 6.92 Å². The number of hydrogen-bond donors (Lipinski definition) is 2. The number of esters is 1. The number of carbonyl (C=O) groups excluding carboxylic acids is 1. The van der Waals surface area contributed by atoms with E-state index in [0.29, 0.717) is 11.4 Å². The maximum Gasteiger partial charge on any atom is 0.362 e. The van der Waals surface area contributed by atoms with E-state index in [1.807, 2.05) is 51.5 Å². The smallest absolute Gasteiger partial charge is 0.362 e. The molecule has 0 fully saturated rings. The Morgan fingerprint density at radius 3 is 2.67 bits per heavy atom. The van der Waals surface area contributed by atoms with Crippen molar-refractivity contribution in [3.05, 3.63) is 59.5 Å². The monoisotopic (exact) mass is 369 g/mol. The van der Waals surface area contributed by atoms with Gasteiger partial charge >= 0.3 is 5.97 Å². The summed E-state index contributed by atoms with van der Waals surface area (Å²) in [4.78, 5) is 30.2. The summed E-state index contributed by atoms with van der Waals surface area (Å²) in [6, 6.07) is 9.21. The fourth-order valence-electron chi connectivity index (χ4n) is 2.59. The Bertz CT molecular complexity index is 901. The third-order valence-corrected chi connectivity index (χ3v) is 3.90. The summed E-state index contributed by atoms with van der Waals surface area (Å²) in [5.41, 5.74) is 3.41. The van der Waals surface area contributed by atoms with Crippen molar-refractivity contribution >= 4 is 23.3 Å². The number of aryl methyl sites for hydroxylation is 1. The first-order valence-corrected chi connectivity index (χ1v) is 8.42. The number of carboxylic acid groups (broad SMARTS) is 1. The van der Waals surface area contributed by atoms with Crippen molar-refractivity contribution in [3.8, 4) is 5.75 Å². The lowest BCUT2D eigenvalue weighted by molar-refractivity contribution is -0.122. The van der Waals surface area contributed by atoms with E-state index in [4.69, 9.17) is 14.6 Å². The van der Waals surface area contributed by atoms with E-state index in [0.717, 1.165) is 35.0 Å². The maximum atomic E-state index is 12.4. The van der Waals surface area contributed by atoms with Crippen LogP contribution in [0.3, 0.4) is 0 Å².